The zero-order valence-corrected chi connectivity index (χ0v) is 18.8. The molecule has 1 saturated heterocycles. The number of carbonyl (C=O) groups is 1. The van der Waals surface area contributed by atoms with Crippen LogP contribution in [0.2, 0.25) is 0 Å². The van der Waals surface area contributed by atoms with E-state index in [-0.39, 0.29) is 5.91 Å². The summed E-state index contributed by atoms with van der Waals surface area (Å²) in [7, 11) is 4.76. The Labute approximate surface area is 184 Å². The second-order valence-electron chi connectivity index (χ2n) is 7.30. The Balaban J connectivity index is 1.57. The van der Waals surface area contributed by atoms with Gasteiger partial charge in [-0.2, -0.15) is 0 Å². The minimum Gasteiger partial charge on any atom is -0.493 e. The highest BCUT2D eigenvalue weighted by molar-refractivity contribution is 5.77. The summed E-state index contributed by atoms with van der Waals surface area (Å²) in [5.74, 6) is 2.82. The Morgan fingerprint density at radius 2 is 1.55 bits per heavy atom. The van der Waals surface area contributed by atoms with Gasteiger partial charge in [-0.1, -0.05) is 12.1 Å². The minimum atomic E-state index is 0.159. The number of ether oxygens (including phenoxy) is 4. The normalized spacial score (nSPS) is 13.7. The summed E-state index contributed by atoms with van der Waals surface area (Å²) >= 11 is 0. The summed E-state index contributed by atoms with van der Waals surface area (Å²) in [4.78, 5) is 17.0. The molecule has 1 heterocycles. The standard InChI is InChI=1S/C24H32N2O5/c1-5-31-20-9-7-6-8-19(20)25-12-14-26(15-13-25)23(27)11-10-18-16-21(28-2)24(30-4)22(17-18)29-3/h6-9,16-17H,5,10-15H2,1-4H3. The van der Waals surface area contributed by atoms with E-state index < -0.39 is 0 Å². The SMILES string of the molecule is CCOc1ccccc1N1CCN(C(=O)CCc2cc(OC)c(OC)c(OC)c2)CC1. The van der Waals surface area contributed by atoms with E-state index in [1.807, 2.05) is 42.2 Å². The van der Waals surface area contributed by atoms with Crippen LogP contribution in [0.1, 0.15) is 18.9 Å². The number of methoxy groups -OCH3 is 3. The number of amides is 1. The van der Waals surface area contributed by atoms with Gasteiger partial charge in [0, 0.05) is 32.6 Å². The smallest absolute Gasteiger partial charge is 0.223 e. The topological polar surface area (TPSA) is 60.5 Å². The molecule has 2 aromatic rings. The van der Waals surface area contributed by atoms with Crippen molar-refractivity contribution >= 4 is 11.6 Å². The van der Waals surface area contributed by atoms with Crippen molar-refractivity contribution in [1.82, 2.24) is 4.90 Å². The number of piperazine rings is 1. The van der Waals surface area contributed by atoms with Crippen molar-refractivity contribution in [3.8, 4) is 23.0 Å². The molecule has 0 aliphatic carbocycles. The highest BCUT2D eigenvalue weighted by atomic mass is 16.5. The van der Waals surface area contributed by atoms with Crippen molar-refractivity contribution in [2.24, 2.45) is 0 Å². The van der Waals surface area contributed by atoms with Crippen molar-refractivity contribution < 1.29 is 23.7 Å². The number of rotatable bonds is 9. The van der Waals surface area contributed by atoms with E-state index in [2.05, 4.69) is 11.0 Å². The lowest BCUT2D eigenvalue weighted by Crippen LogP contribution is -2.49. The number of hydrogen-bond acceptors (Lipinski definition) is 6. The van der Waals surface area contributed by atoms with Crippen LogP contribution >= 0.6 is 0 Å². The van der Waals surface area contributed by atoms with Gasteiger partial charge in [0.2, 0.25) is 11.7 Å². The van der Waals surface area contributed by atoms with Gasteiger partial charge in [-0.3, -0.25) is 4.79 Å². The monoisotopic (exact) mass is 428 g/mol. The highest BCUT2D eigenvalue weighted by Gasteiger charge is 2.23. The predicted molar refractivity (Wildman–Crippen MR) is 121 cm³/mol. The minimum absolute atomic E-state index is 0.159. The molecule has 2 aromatic carbocycles. The number of benzene rings is 2. The van der Waals surface area contributed by atoms with Gasteiger partial charge in [-0.25, -0.2) is 0 Å². The molecule has 31 heavy (non-hydrogen) atoms. The maximum atomic E-state index is 12.8. The Morgan fingerprint density at radius 1 is 0.903 bits per heavy atom. The van der Waals surface area contributed by atoms with Crippen molar-refractivity contribution in [2.45, 2.75) is 19.8 Å². The van der Waals surface area contributed by atoms with Crippen LogP contribution in [0.3, 0.4) is 0 Å². The van der Waals surface area contributed by atoms with Crippen molar-refractivity contribution in [3.63, 3.8) is 0 Å². The average Bonchev–Trinajstić information content (AvgIpc) is 2.82. The molecule has 0 spiro atoms. The maximum absolute atomic E-state index is 12.8. The van der Waals surface area contributed by atoms with Crippen LogP contribution in [0.5, 0.6) is 23.0 Å². The van der Waals surface area contributed by atoms with Crippen LogP contribution in [-0.2, 0) is 11.2 Å². The molecule has 1 aliphatic rings. The quantitative estimate of drug-likeness (QED) is 0.610. The molecule has 1 amide bonds. The fraction of sp³-hybridized carbons (Fsp3) is 0.458. The molecule has 3 rings (SSSR count). The van der Waals surface area contributed by atoms with E-state index in [1.54, 1.807) is 21.3 Å². The van der Waals surface area contributed by atoms with Gasteiger partial charge in [0.15, 0.2) is 11.5 Å². The largest absolute Gasteiger partial charge is 0.493 e. The van der Waals surface area contributed by atoms with Crippen molar-refractivity contribution in [2.75, 3.05) is 59.0 Å². The number of hydrogen-bond donors (Lipinski definition) is 0. The van der Waals surface area contributed by atoms with Gasteiger partial charge in [0.25, 0.3) is 0 Å². The molecule has 1 fully saturated rings. The number of carbonyl (C=O) groups excluding carboxylic acids is 1. The molecule has 168 valence electrons. The van der Waals surface area contributed by atoms with Gasteiger partial charge >= 0.3 is 0 Å². The number of nitrogens with zero attached hydrogens (tertiary/aromatic N) is 2. The van der Waals surface area contributed by atoms with Crippen LogP contribution in [0.4, 0.5) is 5.69 Å². The fourth-order valence-electron chi connectivity index (χ4n) is 3.88. The van der Waals surface area contributed by atoms with Crippen molar-refractivity contribution in [1.29, 1.82) is 0 Å². The lowest BCUT2D eigenvalue weighted by atomic mass is 10.1. The van der Waals surface area contributed by atoms with Gasteiger partial charge in [0.1, 0.15) is 5.75 Å². The third-order valence-corrected chi connectivity index (χ3v) is 5.49. The lowest BCUT2D eigenvalue weighted by molar-refractivity contribution is -0.131. The van der Waals surface area contributed by atoms with Crippen LogP contribution in [-0.4, -0.2) is 64.9 Å². The first kappa shape index (κ1) is 22.6. The Morgan fingerprint density at radius 3 is 2.13 bits per heavy atom. The van der Waals surface area contributed by atoms with Gasteiger partial charge < -0.3 is 28.7 Å². The molecule has 7 nitrogen and oxygen atoms in total. The Kier molecular flexibility index (Phi) is 7.87. The molecule has 0 saturated carbocycles. The van der Waals surface area contributed by atoms with Crippen molar-refractivity contribution in [3.05, 3.63) is 42.0 Å². The van der Waals surface area contributed by atoms with Crippen LogP contribution in [0.25, 0.3) is 0 Å². The molecule has 0 aromatic heterocycles. The molecule has 0 bridgehead atoms. The number of aryl methyl sites for hydroxylation is 1. The summed E-state index contributed by atoms with van der Waals surface area (Å²) in [6.45, 7) is 5.61. The fourth-order valence-corrected chi connectivity index (χ4v) is 3.88. The first-order valence-corrected chi connectivity index (χ1v) is 10.6. The first-order chi connectivity index (χ1) is 15.1. The molecule has 1 aliphatic heterocycles. The van der Waals surface area contributed by atoms with Gasteiger partial charge in [-0.15, -0.1) is 0 Å². The maximum Gasteiger partial charge on any atom is 0.223 e. The lowest BCUT2D eigenvalue weighted by Gasteiger charge is -2.36. The van der Waals surface area contributed by atoms with E-state index >= 15 is 0 Å². The summed E-state index contributed by atoms with van der Waals surface area (Å²) in [5.41, 5.74) is 2.07. The van der Waals surface area contributed by atoms with E-state index in [4.69, 9.17) is 18.9 Å². The van der Waals surface area contributed by atoms with E-state index in [0.29, 0.717) is 49.8 Å². The molecule has 0 radical (unpaired) electrons. The van der Waals surface area contributed by atoms with Gasteiger partial charge in [0.05, 0.1) is 33.6 Å². The molecule has 0 atom stereocenters. The van der Waals surface area contributed by atoms with Crippen LogP contribution in [0.15, 0.2) is 36.4 Å². The summed E-state index contributed by atoms with van der Waals surface area (Å²) < 4.78 is 21.9. The average molecular weight is 429 g/mol. The predicted octanol–water partition coefficient (Wildman–Crippen LogP) is 3.39. The molecule has 7 heteroatoms. The highest BCUT2D eigenvalue weighted by Crippen LogP contribution is 2.38. The zero-order chi connectivity index (χ0) is 22.2. The van der Waals surface area contributed by atoms with E-state index in [0.717, 1.165) is 30.1 Å². The van der Waals surface area contributed by atoms with Crippen LogP contribution in [0, 0.1) is 0 Å². The Hall–Kier alpha value is -3.09. The molecular formula is C24H32N2O5. The summed E-state index contributed by atoms with van der Waals surface area (Å²) in [6.07, 6.45) is 1.05. The first-order valence-electron chi connectivity index (χ1n) is 10.6. The van der Waals surface area contributed by atoms with E-state index in [1.165, 1.54) is 0 Å². The van der Waals surface area contributed by atoms with E-state index in [9.17, 15) is 4.79 Å². The Bertz CT molecular complexity index is 853. The summed E-state index contributed by atoms with van der Waals surface area (Å²) in [5, 5.41) is 0. The third-order valence-electron chi connectivity index (χ3n) is 5.49. The second-order valence-corrected chi connectivity index (χ2v) is 7.30. The van der Waals surface area contributed by atoms with Crippen LogP contribution < -0.4 is 23.8 Å². The summed E-state index contributed by atoms with van der Waals surface area (Å²) in [6, 6.07) is 11.9. The molecule has 0 unspecified atom stereocenters. The van der Waals surface area contributed by atoms with Gasteiger partial charge in [-0.05, 0) is 43.2 Å². The second kappa shape index (κ2) is 10.8. The molecular weight excluding hydrogens is 396 g/mol. The number of anilines is 1. The number of para-hydroxylation sites is 2. The molecule has 0 N–H and O–H groups in total. The third kappa shape index (κ3) is 5.34. The zero-order valence-electron chi connectivity index (χ0n) is 18.8.